The van der Waals surface area contributed by atoms with E-state index in [4.69, 9.17) is 11.6 Å². The highest BCUT2D eigenvalue weighted by atomic mass is 79.9. The van der Waals surface area contributed by atoms with Crippen LogP contribution in [-0.4, -0.2) is 16.6 Å². The highest BCUT2D eigenvalue weighted by Gasteiger charge is 2.33. The molecule has 3 aromatic rings. The van der Waals surface area contributed by atoms with E-state index in [0.29, 0.717) is 4.34 Å². The number of anilines is 1. The maximum atomic E-state index is 12.9. The average Bonchev–Trinajstić information content (AvgIpc) is 3.10. The summed E-state index contributed by atoms with van der Waals surface area (Å²) in [7, 11) is 0. The summed E-state index contributed by atoms with van der Waals surface area (Å²) in [6.45, 7) is 0. The van der Waals surface area contributed by atoms with Gasteiger partial charge in [-0.05, 0) is 30.3 Å². The van der Waals surface area contributed by atoms with Crippen LogP contribution in [0.15, 0.2) is 56.7 Å². The number of benzene rings is 2. The third kappa shape index (κ3) is 5.50. The molecule has 146 valence electrons. The number of halogens is 5. The predicted octanol–water partition coefficient (Wildman–Crippen LogP) is 6.98. The summed E-state index contributed by atoms with van der Waals surface area (Å²) < 4.78 is 40.3. The third-order valence-corrected chi connectivity index (χ3v) is 6.38. The zero-order valence-corrected chi connectivity index (χ0v) is 17.9. The van der Waals surface area contributed by atoms with E-state index in [0.717, 1.165) is 27.9 Å². The van der Waals surface area contributed by atoms with Crippen molar-refractivity contribution in [3.63, 3.8) is 0 Å². The first-order valence-electron chi connectivity index (χ1n) is 7.73. The minimum atomic E-state index is -4.59. The Labute approximate surface area is 180 Å². The van der Waals surface area contributed by atoms with Gasteiger partial charge in [0, 0.05) is 21.1 Å². The zero-order chi connectivity index (χ0) is 20.3. The van der Waals surface area contributed by atoms with Crippen LogP contribution >= 0.6 is 50.6 Å². The fourth-order valence-electron chi connectivity index (χ4n) is 2.22. The second-order valence-electron chi connectivity index (χ2n) is 5.53. The number of amides is 1. The van der Waals surface area contributed by atoms with Gasteiger partial charge in [0.15, 0.2) is 4.34 Å². The van der Waals surface area contributed by atoms with Crippen molar-refractivity contribution in [2.24, 2.45) is 0 Å². The summed E-state index contributed by atoms with van der Waals surface area (Å²) in [4.78, 5) is 16.5. The van der Waals surface area contributed by atoms with Crippen LogP contribution in [0.5, 0.6) is 0 Å². The van der Waals surface area contributed by atoms with Gasteiger partial charge in [0.2, 0.25) is 5.91 Å². The van der Waals surface area contributed by atoms with E-state index in [1.165, 1.54) is 29.2 Å². The van der Waals surface area contributed by atoms with Crippen LogP contribution in [-0.2, 0) is 11.0 Å². The second kappa shape index (κ2) is 8.86. The molecule has 0 spiro atoms. The monoisotopic (exact) mass is 506 g/mol. The van der Waals surface area contributed by atoms with Crippen LogP contribution in [0.2, 0.25) is 5.02 Å². The molecule has 10 heteroatoms. The normalized spacial score (nSPS) is 11.5. The van der Waals surface area contributed by atoms with Crippen molar-refractivity contribution in [1.29, 1.82) is 0 Å². The lowest BCUT2D eigenvalue weighted by molar-refractivity contribution is -0.137. The number of rotatable bonds is 5. The molecule has 0 bridgehead atoms. The second-order valence-corrected chi connectivity index (χ2v) is 8.94. The Hall–Kier alpha value is -1.55. The first-order chi connectivity index (χ1) is 13.2. The van der Waals surface area contributed by atoms with Crippen molar-refractivity contribution in [3.05, 3.63) is 62.9 Å². The van der Waals surface area contributed by atoms with Gasteiger partial charge in [-0.15, -0.1) is 11.3 Å². The highest BCUT2D eigenvalue weighted by molar-refractivity contribution is 9.10. The summed E-state index contributed by atoms with van der Waals surface area (Å²) in [5.74, 6) is -0.405. The molecule has 0 aliphatic carbocycles. The number of carbonyl (C=O) groups is 1. The molecule has 2 aromatic carbocycles. The van der Waals surface area contributed by atoms with Crippen molar-refractivity contribution in [2.75, 3.05) is 11.1 Å². The molecule has 0 radical (unpaired) electrons. The lowest BCUT2D eigenvalue weighted by Gasteiger charge is -2.11. The van der Waals surface area contributed by atoms with Crippen LogP contribution < -0.4 is 5.32 Å². The quantitative estimate of drug-likeness (QED) is 0.379. The molecule has 1 heterocycles. The number of thioether (sulfide) groups is 1. The van der Waals surface area contributed by atoms with Crippen molar-refractivity contribution >= 4 is 62.2 Å². The molecule has 28 heavy (non-hydrogen) atoms. The average molecular weight is 508 g/mol. The lowest BCUT2D eigenvalue weighted by atomic mass is 10.2. The molecule has 3 rings (SSSR count). The summed E-state index contributed by atoms with van der Waals surface area (Å²) in [6.07, 6.45) is -4.59. The predicted molar refractivity (Wildman–Crippen MR) is 111 cm³/mol. The third-order valence-electron chi connectivity index (χ3n) is 3.51. The molecule has 0 unspecified atom stereocenters. The van der Waals surface area contributed by atoms with E-state index in [1.54, 1.807) is 0 Å². The lowest BCUT2D eigenvalue weighted by Crippen LogP contribution is -2.15. The Morgan fingerprint density at radius 3 is 2.61 bits per heavy atom. The van der Waals surface area contributed by atoms with Crippen molar-refractivity contribution in [1.82, 2.24) is 4.98 Å². The minimum Gasteiger partial charge on any atom is -0.325 e. The molecule has 0 saturated carbocycles. The van der Waals surface area contributed by atoms with Crippen molar-refractivity contribution < 1.29 is 18.0 Å². The molecule has 1 aromatic heterocycles. The van der Waals surface area contributed by atoms with Crippen LogP contribution in [0, 0.1) is 0 Å². The zero-order valence-electron chi connectivity index (χ0n) is 13.9. The van der Waals surface area contributed by atoms with E-state index in [-0.39, 0.29) is 11.4 Å². The Morgan fingerprint density at radius 1 is 1.21 bits per heavy atom. The van der Waals surface area contributed by atoms with Crippen LogP contribution in [0.25, 0.3) is 11.3 Å². The maximum Gasteiger partial charge on any atom is 0.417 e. The molecular weight excluding hydrogens is 497 g/mol. The number of carbonyl (C=O) groups excluding carboxylic acids is 1. The molecule has 0 aliphatic rings. The molecule has 3 nitrogen and oxygen atoms in total. The summed E-state index contributed by atoms with van der Waals surface area (Å²) in [6, 6.07) is 10.9. The molecule has 1 amide bonds. The van der Waals surface area contributed by atoms with Gasteiger partial charge in [-0.1, -0.05) is 51.4 Å². The topological polar surface area (TPSA) is 42.0 Å². The Kier molecular flexibility index (Phi) is 6.69. The van der Waals surface area contributed by atoms with Gasteiger partial charge in [-0.25, -0.2) is 4.98 Å². The molecule has 0 fully saturated rings. The Balaban J connectivity index is 1.60. The number of nitrogens with zero attached hydrogens (tertiary/aromatic N) is 1. The largest absolute Gasteiger partial charge is 0.417 e. The molecule has 0 saturated heterocycles. The first-order valence-corrected chi connectivity index (χ1v) is 10.8. The number of thiazole rings is 1. The summed E-state index contributed by atoms with van der Waals surface area (Å²) in [5, 5.41) is 3.92. The van der Waals surface area contributed by atoms with Gasteiger partial charge < -0.3 is 5.32 Å². The smallest absolute Gasteiger partial charge is 0.325 e. The number of hydrogen-bond acceptors (Lipinski definition) is 4. The fourth-order valence-corrected chi connectivity index (χ4v) is 4.35. The van der Waals surface area contributed by atoms with Gasteiger partial charge in [0.1, 0.15) is 0 Å². The summed E-state index contributed by atoms with van der Waals surface area (Å²) in [5.41, 5.74) is 0.806. The highest BCUT2D eigenvalue weighted by Crippen LogP contribution is 2.36. The number of aromatic nitrogens is 1. The first kappa shape index (κ1) is 21.2. The maximum absolute atomic E-state index is 12.9. The molecule has 0 aliphatic heterocycles. The van der Waals surface area contributed by atoms with E-state index in [2.05, 4.69) is 26.2 Å². The minimum absolute atomic E-state index is 0.0251. The van der Waals surface area contributed by atoms with Gasteiger partial charge in [-0.2, -0.15) is 13.2 Å². The fraction of sp³-hybridized carbons (Fsp3) is 0.111. The SMILES string of the molecule is O=C(CSc1nc(-c2ccc(Br)cc2)cs1)Nc1ccc(Cl)c(C(F)(F)F)c1. The van der Waals surface area contributed by atoms with Crippen LogP contribution in [0.1, 0.15) is 5.56 Å². The Bertz CT molecular complexity index is 993. The Morgan fingerprint density at radius 2 is 1.93 bits per heavy atom. The molecule has 1 N–H and O–H groups in total. The standard InChI is InChI=1S/C18H11BrClF3N2OS2/c19-11-3-1-10(2-4-11)15-8-27-17(25-15)28-9-16(26)24-12-5-6-14(20)13(7-12)18(21,22)23/h1-8H,9H2,(H,24,26). The van der Waals surface area contributed by atoms with Gasteiger partial charge in [0.05, 0.1) is 22.0 Å². The number of hydrogen-bond donors (Lipinski definition) is 1. The van der Waals surface area contributed by atoms with E-state index in [9.17, 15) is 18.0 Å². The number of nitrogens with one attached hydrogen (secondary N) is 1. The van der Waals surface area contributed by atoms with E-state index >= 15 is 0 Å². The van der Waals surface area contributed by atoms with Gasteiger partial charge >= 0.3 is 6.18 Å². The van der Waals surface area contributed by atoms with Gasteiger partial charge in [-0.3, -0.25) is 4.79 Å². The van der Waals surface area contributed by atoms with E-state index in [1.807, 2.05) is 29.6 Å². The van der Waals surface area contributed by atoms with Crippen molar-refractivity contribution in [2.45, 2.75) is 10.5 Å². The van der Waals surface area contributed by atoms with Crippen LogP contribution in [0.3, 0.4) is 0 Å². The summed E-state index contributed by atoms with van der Waals surface area (Å²) >= 11 is 11.6. The van der Waals surface area contributed by atoms with E-state index < -0.39 is 22.7 Å². The van der Waals surface area contributed by atoms with Crippen molar-refractivity contribution in [3.8, 4) is 11.3 Å². The molecular formula is C18H11BrClF3N2OS2. The number of alkyl halides is 3. The van der Waals surface area contributed by atoms with Gasteiger partial charge in [0.25, 0.3) is 0 Å². The van der Waals surface area contributed by atoms with Crippen LogP contribution in [0.4, 0.5) is 18.9 Å². The molecule has 0 atom stereocenters.